The summed E-state index contributed by atoms with van der Waals surface area (Å²) in [6.45, 7) is 4.66. The van der Waals surface area contributed by atoms with E-state index in [0.29, 0.717) is 44.0 Å². The summed E-state index contributed by atoms with van der Waals surface area (Å²) in [7, 11) is 0. The molecule has 1 aliphatic heterocycles. The van der Waals surface area contributed by atoms with Gasteiger partial charge in [-0.3, -0.25) is 4.79 Å². The highest BCUT2D eigenvalue weighted by atomic mass is 79.9. The first kappa shape index (κ1) is 19.4. The number of anilines is 1. The van der Waals surface area contributed by atoms with Crippen molar-refractivity contribution in [2.24, 2.45) is 0 Å². The summed E-state index contributed by atoms with van der Waals surface area (Å²) in [5.74, 6) is 0.404. The molecule has 0 atom stereocenters. The Hall–Kier alpha value is -2.87. The summed E-state index contributed by atoms with van der Waals surface area (Å²) < 4.78 is 5.79. The second kappa shape index (κ2) is 8.24. The van der Waals surface area contributed by atoms with Gasteiger partial charge >= 0.3 is 5.97 Å². The van der Waals surface area contributed by atoms with Gasteiger partial charge in [-0.15, -0.1) is 0 Å². The average molecular weight is 457 g/mol. The first-order chi connectivity index (χ1) is 14.1. The number of carbonyl (C=O) groups is 2. The summed E-state index contributed by atoms with van der Waals surface area (Å²) in [5.41, 5.74) is 1.96. The number of rotatable bonds is 4. The second-order valence-corrected chi connectivity index (χ2v) is 7.56. The number of hydrogen-bond acceptors (Lipinski definition) is 5. The molecule has 0 saturated carbocycles. The lowest BCUT2D eigenvalue weighted by Gasteiger charge is -2.35. The number of para-hydroxylation sites is 1. The van der Waals surface area contributed by atoms with E-state index in [1.54, 1.807) is 13.0 Å². The number of esters is 1. The first-order valence-electron chi connectivity index (χ1n) is 9.52. The Labute approximate surface area is 176 Å². The van der Waals surface area contributed by atoms with Gasteiger partial charge in [-0.25, -0.2) is 9.78 Å². The number of pyridine rings is 1. The van der Waals surface area contributed by atoms with Crippen LogP contribution in [-0.4, -0.2) is 59.5 Å². The fraction of sp³-hybridized carbons (Fsp3) is 0.286. The zero-order chi connectivity index (χ0) is 20.4. The van der Waals surface area contributed by atoms with Gasteiger partial charge in [0.05, 0.1) is 16.6 Å². The lowest BCUT2D eigenvalue weighted by Crippen LogP contribution is -2.49. The van der Waals surface area contributed by atoms with E-state index in [4.69, 9.17) is 4.74 Å². The molecular formula is C21H21BrN4O3. The highest BCUT2D eigenvalue weighted by Crippen LogP contribution is 2.29. The Balaban J connectivity index is 1.42. The average Bonchev–Trinajstić information content (AvgIpc) is 3.10. The first-order valence-corrected chi connectivity index (χ1v) is 10.3. The number of ether oxygens (including phenoxy) is 1. The van der Waals surface area contributed by atoms with Crippen molar-refractivity contribution in [2.75, 3.05) is 37.7 Å². The molecule has 7 nitrogen and oxygen atoms in total. The summed E-state index contributed by atoms with van der Waals surface area (Å²) in [4.78, 5) is 36.3. The van der Waals surface area contributed by atoms with E-state index in [0.717, 1.165) is 21.2 Å². The van der Waals surface area contributed by atoms with Gasteiger partial charge < -0.3 is 19.5 Å². The van der Waals surface area contributed by atoms with Crippen LogP contribution >= 0.6 is 15.9 Å². The van der Waals surface area contributed by atoms with Crippen LogP contribution in [0.5, 0.6) is 0 Å². The monoisotopic (exact) mass is 456 g/mol. The molecule has 1 aromatic carbocycles. The molecule has 1 fully saturated rings. The van der Waals surface area contributed by atoms with Crippen LogP contribution in [0.25, 0.3) is 10.9 Å². The molecule has 4 rings (SSSR count). The molecule has 0 radical (unpaired) electrons. The van der Waals surface area contributed by atoms with Crippen LogP contribution in [0.4, 0.5) is 5.82 Å². The third-order valence-electron chi connectivity index (χ3n) is 5.01. The number of aromatic amines is 1. The highest BCUT2D eigenvalue weighted by Gasteiger charge is 2.26. The smallest absolute Gasteiger partial charge is 0.339 e. The molecule has 29 heavy (non-hydrogen) atoms. The minimum Gasteiger partial charge on any atom is -0.462 e. The van der Waals surface area contributed by atoms with Gasteiger partial charge in [-0.1, -0.05) is 18.2 Å². The Kier molecular flexibility index (Phi) is 5.53. The Morgan fingerprint density at radius 3 is 2.55 bits per heavy atom. The van der Waals surface area contributed by atoms with Crippen molar-refractivity contribution in [3.63, 3.8) is 0 Å². The fourth-order valence-corrected chi connectivity index (χ4v) is 4.07. The van der Waals surface area contributed by atoms with Gasteiger partial charge in [0.25, 0.3) is 5.91 Å². The van der Waals surface area contributed by atoms with Crippen LogP contribution in [0.2, 0.25) is 0 Å². The molecule has 8 heteroatoms. The number of carbonyl (C=O) groups excluding carboxylic acids is 2. The van der Waals surface area contributed by atoms with Crippen molar-refractivity contribution >= 4 is 44.5 Å². The zero-order valence-electron chi connectivity index (χ0n) is 16.0. The molecule has 1 amide bonds. The number of nitrogens with zero attached hydrogens (tertiary/aromatic N) is 3. The second-order valence-electron chi connectivity index (χ2n) is 6.76. The number of aromatic nitrogens is 2. The number of amides is 1. The van der Waals surface area contributed by atoms with Gasteiger partial charge in [0.2, 0.25) is 0 Å². The maximum Gasteiger partial charge on any atom is 0.339 e. The van der Waals surface area contributed by atoms with Crippen molar-refractivity contribution in [3.05, 3.63) is 58.3 Å². The molecule has 2 aromatic heterocycles. The lowest BCUT2D eigenvalue weighted by atomic mass is 10.2. The summed E-state index contributed by atoms with van der Waals surface area (Å²) in [6.07, 6.45) is 1.53. The summed E-state index contributed by atoms with van der Waals surface area (Å²) in [6, 6.07) is 11.4. The van der Waals surface area contributed by atoms with Crippen molar-refractivity contribution in [1.82, 2.24) is 14.9 Å². The van der Waals surface area contributed by atoms with Gasteiger partial charge in [-0.05, 0) is 41.1 Å². The standard InChI is InChI=1S/C21H21BrN4O3/c1-2-29-21(28)14-7-8-17(23-13-14)25-9-11-26(12-10-25)20(27)19-18(22)15-5-3-4-6-16(15)24-19/h3-8,13,24H,2,9-12H2,1H3. The number of hydrogen-bond donors (Lipinski definition) is 1. The van der Waals surface area contributed by atoms with E-state index in [-0.39, 0.29) is 11.9 Å². The Morgan fingerprint density at radius 2 is 1.90 bits per heavy atom. The minimum absolute atomic E-state index is 0.0154. The van der Waals surface area contributed by atoms with Crippen LogP contribution in [-0.2, 0) is 4.74 Å². The molecule has 150 valence electrons. The number of halogens is 1. The lowest BCUT2D eigenvalue weighted by molar-refractivity contribution is 0.0525. The van der Waals surface area contributed by atoms with E-state index >= 15 is 0 Å². The van der Waals surface area contributed by atoms with Gasteiger partial charge in [0.15, 0.2) is 0 Å². The fourth-order valence-electron chi connectivity index (χ4n) is 3.46. The molecule has 1 saturated heterocycles. The predicted molar refractivity (Wildman–Crippen MR) is 114 cm³/mol. The van der Waals surface area contributed by atoms with Crippen molar-refractivity contribution in [2.45, 2.75) is 6.92 Å². The van der Waals surface area contributed by atoms with E-state index in [9.17, 15) is 9.59 Å². The quantitative estimate of drug-likeness (QED) is 0.608. The minimum atomic E-state index is -0.370. The van der Waals surface area contributed by atoms with Crippen LogP contribution in [0.15, 0.2) is 47.1 Å². The van der Waals surface area contributed by atoms with Crippen molar-refractivity contribution in [1.29, 1.82) is 0 Å². The number of nitrogens with one attached hydrogen (secondary N) is 1. The molecular weight excluding hydrogens is 436 g/mol. The van der Waals surface area contributed by atoms with E-state index < -0.39 is 0 Å². The topological polar surface area (TPSA) is 78.5 Å². The highest BCUT2D eigenvalue weighted by molar-refractivity contribution is 9.10. The summed E-state index contributed by atoms with van der Waals surface area (Å²) in [5, 5.41) is 1.00. The Morgan fingerprint density at radius 1 is 1.14 bits per heavy atom. The molecule has 3 aromatic rings. The van der Waals surface area contributed by atoms with Gasteiger partial charge in [0.1, 0.15) is 11.5 Å². The van der Waals surface area contributed by atoms with Crippen LogP contribution in [0.1, 0.15) is 27.8 Å². The number of fused-ring (bicyclic) bond motifs is 1. The van der Waals surface area contributed by atoms with Crippen molar-refractivity contribution in [3.8, 4) is 0 Å². The number of H-pyrrole nitrogens is 1. The molecule has 0 unspecified atom stereocenters. The summed E-state index contributed by atoms with van der Waals surface area (Å²) >= 11 is 3.56. The third kappa shape index (κ3) is 3.85. The van der Waals surface area contributed by atoms with Gasteiger partial charge in [0, 0.05) is 43.3 Å². The molecule has 0 bridgehead atoms. The Bertz CT molecular complexity index is 1040. The molecule has 3 heterocycles. The SMILES string of the molecule is CCOC(=O)c1ccc(N2CCN(C(=O)c3[nH]c4ccccc4c3Br)CC2)nc1. The molecule has 1 aliphatic rings. The van der Waals surface area contributed by atoms with E-state index in [1.165, 1.54) is 6.20 Å². The van der Waals surface area contributed by atoms with E-state index in [1.807, 2.05) is 35.2 Å². The molecule has 1 N–H and O–H groups in total. The maximum atomic E-state index is 13.0. The number of piperazine rings is 1. The third-order valence-corrected chi connectivity index (χ3v) is 5.83. The van der Waals surface area contributed by atoms with Crippen LogP contribution < -0.4 is 4.90 Å². The largest absolute Gasteiger partial charge is 0.462 e. The van der Waals surface area contributed by atoms with Crippen LogP contribution in [0, 0.1) is 0 Å². The predicted octanol–water partition coefficient (Wildman–Crippen LogP) is 3.46. The molecule has 0 aliphatic carbocycles. The van der Waals surface area contributed by atoms with E-state index in [2.05, 4.69) is 30.8 Å². The van der Waals surface area contributed by atoms with Crippen molar-refractivity contribution < 1.29 is 14.3 Å². The normalized spacial score (nSPS) is 14.3. The van der Waals surface area contributed by atoms with Crippen LogP contribution in [0.3, 0.4) is 0 Å². The van der Waals surface area contributed by atoms with Gasteiger partial charge in [-0.2, -0.15) is 0 Å². The maximum absolute atomic E-state index is 13.0. The zero-order valence-corrected chi connectivity index (χ0v) is 17.6. The number of benzene rings is 1. The molecule has 0 spiro atoms.